The molecule has 0 unspecified atom stereocenters. The number of aromatic nitrogens is 2. The normalized spacial score (nSPS) is 25.3. The SMILES string of the molecule is NC1CCC(c2cc(Cl)cc3[nH]ncc23)CC1. The number of hydrogen-bond acceptors (Lipinski definition) is 2. The Labute approximate surface area is 105 Å². The summed E-state index contributed by atoms with van der Waals surface area (Å²) in [6, 6.07) is 4.40. The number of nitrogens with one attached hydrogen (secondary N) is 1. The van der Waals surface area contributed by atoms with Crippen molar-refractivity contribution in [1.82, 2.24) is 10.2 Å². The van der Waals surface area contributed by atoms with Gasteiger partial charge in [0.1, 0.15) is 0 Å². The molecular weight excluding hydrogens is 234 g/mol. The third kappa shape index (κ3) is 2.05. The first-order valence-electron chi connectivity index (χ1n) is 6.12. The molecule has 0 bridgehead atoms. The second kappa shape index (κ2) is 4.31. The summed E-state index contributed by atoms with van der Waals surface area (Å²) >= 11 is 6.16. The van der Waals surface area contributed by atoms with Gasteiger partial charge < -0.3 is 5.73 Å². The molecule has 0 spiro atoms. The third-order valence-electron chi connectivity index (χ3n) is 3.77. The highest BCUT2D eigenvalue weighted by molar-refractivity contribution is 6.31. The zero-order valence-electron chi connectivity index (χ0n) is 9.62. The molecule has 1 aliphatic rings. The lowest BCUT2D eigenvalue weighted by Gasteiger charge is -2.26. The monoisotopic (exact) mass is 249 g/mol. The molecule has 1 aromatic carbocycles. The summed E-state index contributed by atoms with van der Waals surface area (Å²) < 4.78 is 0. The van der Waals surface area contributed by atoms with Gasteiger partial charge in [0.15, 0.2) is 0 Å². The van der Waals surface area contributed by atoms with Gasteiger partial charge in [-0.1, -0.05) is 11.6 Å². The van der Waals surface area contributed by atoms with Crippen molar-refractivity contribution in [3.8, 4) is 0 Å². The Morgan fingerprint density at radius 3 is 2.76 bits per heavy atom. The lowest BCUT2D eigenvalue weighted by atomic mass is 9.81. The van der Waals surface area contributed by atoms with E-state index in [0.717, 1.165) is 36.2 Å². The maximum absolute atomic E-state index is 6.16. The van der Waals surface area contributed by atoms with Gasteiger partial charge in [-0.3, -0.25) is 5.10 Å². The Balaban J connectivity index is 2.01. The van der Waals surface area contributed by atoms with Crippen molar-refractivity contribution in [2.24, 2.45) is 5.73 Å². The van der Waals surface area contributed by atoms with Crippen molar-refractivity contribution >= 4 is 22.5 Å². The zero-order chi connectivity index (χ0) is 11.8. The van der Waals surface area contributed by atoms with Gasteiger partial charge in [0.2, 0.25) is 0 Å². The first-order valence-corrected chi connectivity index (χ1v) is 6.50. The van der Waals surface area contributed by atoms with E-state index in [1.54, 1.807) is 0 Å². The maximum atomic E-state index is 6.16. The summed E-state index contributed by atoms with van der Waals surface area (Å²) in [4.78, 5) is 0. The Morgan fingerprint density at radius 1 is 1.24 bits per heavy atom. The van der Waals surface area contributed by atoms with Gasteiger partial charge in [-0.25, -0.2) is 0 Å². The van der Waals surface area contributed by atoms with Gasteiger partial charge in [-0.05, 0) is 49.3 Å². The van der Waals surface area contributed by atoms with E-state index >= 15 is 0 Å². The van der Waals surface area contributed by atoms with E-state index in [-0.39, 0.29) is 0 Å². The molecule has 1 saturated carbocycles. The largest absolute Gasteiger partial charge is 0.328 e. The molecule has 1 heterocycles. The quantitative estimate of drug-likeness (QED) is 0.816. The van der Waals surface area contributed by atoms with Gasteiger partial charge in [-0.2, -0.15) is 5.10 Å². The molecule has 3 N–H and O–H groups in total. The number of H-pyrrole nitrogens is 1. The van der Waals surface area contributed by atoms with Crippen LogP contribution in [0.4, 0.5) is 0 Å². The van der Waals surface area contributed by atoms with E-state index < -0.39 is 0 Å². The van der Waals surface area contributed by atoms with Crippen LogP contribution in [-0.2, 0) is 0 Å². The number of hydrogen-bond donors (Lipinski definition) is 2. The van der Waals surface area contributed by atoms with Crippen molar-refractivity contribution in [3.63, 3.8) is 0 Å². The molecule has 0 radical (unpaired) electrons. The maximum Gasteiger partial charge on any atom is 0.0668 e. The minimum absolute atomic E-state index is 0.380. The van der Waals surface area contributed by atoms with Crippen LogP contribution in [0.1, 0.15) is 37.2 Å². The molecule has 3 rings (SSSR count). The number of benzene rings is 1. The average Bonchev–Trinajstić information content (AvgIpc) is 2.77. The van der Waals surface area contributed by atoms with E-state index in [1.807, 2.05) is 12.3 Å². The van der Waals surface area contributed by atoms with Crippen LogP contribution in [-0.4, -0.2) is 16.2 Å². The fourth-order valence-electron chi connectivity index (χ4n) is 2.81. The Bertz CT molecular complexity index is 526. The molecule has 0 saturated heterocycles. The number of fused-ring (bicyclic) bond motifs is 1. The Morgan fingerprint density at radius 2 is 2.00 bits per heavy atom. The summed E-state index contributed by atoms with van der Waals surface area (Å²) in [6.45, 7) is 0. The van der Waals surface area contributed by atoms with Crippen LogP contribution < -0.4 is 5.73 Å². The molecule has 90 valence electrons. The molecule has 0 aliphatic heterocycles. The van der Waals surface area contributed by atoms with E-state index in [0.29, 0.717) is 12.0 Å². The number of rotatable bonds is 1. The summed E-state index contributed by atoms with van der Waals surface area (Å²) in [6.07, 6.45) is 6.42. The van der Waals surface area contributed by atoms with Crippen molar-refractivity contribution in [1.29, 1.82) is 0 Å². The van der Waals surface area contributed by atoms with E-state index in [1.165, 1.54) is 10.9 Å². The van der Waals surface area contributed by atoms with E-state index in [9.17, 15) is 0 Å². The highest BCUT2D eigenvalue weighted by Gasteiger charge is 2.22. The smallest absolute Gasteiger partial charge is 0.0668 e. The fraction of sp³-hybridized carbons (Fsp3) is 0.462. The standard InChI is InChI=1S/C13H16ClN3/c14-9-5-11(8-1-3-10(15)4-2-8)12-7-16-17-13(12)6-9/h5-8,10H,1-4,15H2,(H,16,17). The number of halogens is 1. The first-order chi connectivity index (χ1) is 8.24. The fourth-order valence-corrected chi connectivity index (χ4v) is 3.04. The summed E-state index contributed by atoms with van der Waals surface area (Å²) in [5.41, 5.74) is 8.31. The van der Waals surface area contributed by atoms with Crippen molar-refractivity contribution in [2.45, 2.75) is 37.6 Å². The highest BCUT2D eigenvalue weighted by atomic mass is 35.5. The van der Waals surface area contributed by atoms with Crippen LogP contribution in [0.15, 0.2) is 18.3 Å². The predicted molar refractivity (Wildman–Crippen MR) is 70.3 cm³/mol. The lowest BCUT2D eigenvalue weighted by molar-refractivity contribution is 0.397. The second-order valence-electron chi connectivity index (χ2n) is 4.94. The minimum atomic E-state index is 0.380. The number of nitrogens with two attached hydrogens (primary N) is 1. The Hall–Kier alpha value is -1.06. The van der Waals surface area contributed by atoms with Crippen molar-refractivity contribution in [3.05, 3.63) is 28.9 Å². The van der Waals surface area contributed by atoms with Crippen LogP contribution in [0.3, 0.4) is 0 Å². The van der Waals surface area contributed by atoms with Crippen LogP contribution in [0.25, 0.3) is 10.9 Å². The molecule has 17 heavy (non-hydrogen) atoms. The second-order valence-corrected chi connectivity index (χ2v) is 5.37. The first kappa shape index (κ1) is 11.1. The molecule has 1 aliphatic carbocycles. The van der Waals surface area contributed by atoms with E-state index in [4.69, 9.17) is 17.3 Å². The molecule has 1 fully saturated rings. The summed E-state index contributed by atoms with van der Waals surface area (Å²) in [5, 5.41) is 9.08. The highest BCUT2D eigenvalue weighted by Crippen LogP contribution is 2.37. The predicted octanol–water partition coefficient (Wildman–Crippen LogP) is 3.20. The number of nitrogens with zero attached hydrogens (tertiary/aromatic N) is 1. The van der Waals surface area contributed by atoms with Crippen LogP contribution in [0.2, 0.25) is 5.02 Å². The average molecular weight is 250 g/mol. The molecule has 2 aromatic rings. The lowest BCUT2D eigenvalue weighted by Crippen LogP contribution is -2.25. The topological polar surface area (TPSA) is 54.7 Å². The Kier molecular flexibility index (Phi) is 2.81. The molecule has 1 aromatic heterocycles. The minimum Gasteiger partial charge on any atom is -0.328 e. The summed E-state index contributed by atoms with van der Waals surface area (Å²) in [7, 11) is 0. The van der Waals surface area contributed by atoms with Gasteiger partial charge in [0, 0.05) is 16.5 Å². The molecule has 0 atom stereocenters. The molecular formula is C13H16ClN3. The van der Waals surface area contributed by atoms with Gasteiger partial charge in [0.25, 0.3) is 0 Å². The van der Waals surface area contributed by atoms with E-state index in [2.05, 4.69) is 16.3 Å². The van der Waals surface area contributed by atoms with Crippen LogP contribution in [0.5, 0.6) is 0 Å². The number of aromatic amines is 1. The van der Waals surface area contributed by atoms with Crippen LogP contribution >= 0.6 is 11.6 Å². The molecule has 4 heteroatoms. The zero-order valence-corrected chi connectivity index (χ0v) is 10.4. The van der Waals surface area contributed by atoms with Gasteiger partial charge in [-0.15, -0.1) is 0 Å². The van der Waals surface area contributed by atoms with Gasteiger partial charge in [0.05, 0.1) is 11.7 Å². The molecule has 0 amide bonds. The van der Waals surface area contributed by atoms with Crippen molar-refractivity contribution in [2.75, 3.05) is 0 Å². The molecule has 3 nitrogen and oxygen atoms in total. The summed E-state index contributed by atoms with van der Waals surface area (Å²) in [5.74, 6) is 0.577. The third-order valence-corrected chi connectivity index (χ3v) is 3.99. The van der Waals surface area contributed by atoms with Gasteiger partial charge >= 0.3 is 0 Å². The van der Waals surface area contributed by atoms with Crippen LogP contribution in [0, 0.1) is 0 Å². The van der Waals surface area contributed by atoms with Crippen molar-refractivity contribution < 1.29 is 0 Å².